The second-order valence-corrected chi connectivity index (χ2v) is 5.89. The molecule has 20 heavy (non-hydrogen) atoms. The van der Waals surface area contributed by atoms with Crippen LogP contribution in [0.5, 0.6) is 0 Å². The van der Waals surface area contributed by atoms with Gasteiger partial charge in [0.15, 0.2) is 0 Å². The Morgan fingerprint density at radius 3 is 2.60 bits per heavy atom. The molecule has 4 nitrogen and oxygen atoms in total. The number of carbonyl (C=O) groups is 1. The van der Waals surface area contributed by atoms with Gasteiger partial charge in [0, 0.05) is 18.3 Å². The van der Waals surface area contributed by atoms with E-state index in [1.807, 2.05) is 33.8 Å². The van der Waals surface area contributed by atoms with Gasteiger partial charge in [0.1, 0.15) is 11.4 Å². The summed E-state index contributed by atoms with van der Waals surface area (Å²) in [4.78, 5) is 11.5. The number of benzene rings is 1. The van der Waals surface area contributed by atoms with Crippen molar-refractivity contribution in [2.75, 3.05) is 11.9 Å². The minimum absolute atomic E-state index is 0.0374. The van der Waals surface area contributed by atoms with Crippen LogP contribution in [0.1, 0.15) is 33.3 Å². The van der Waals surface area contributed by atoms with Crippen molar-refractivity contribution in [1.29, 1.82) is 0 Å². The maximum absolute atomic E-state index is 13.4. The predicted octanol–water partition coefficient (Wildman–Crippen LogP) is 3.46. The van der Waals surface area contributed by atoms with Gasteiger partial charge in [-0.05, 0) is 52.3 Å². The monoisotopic (exact) mass is 282 g/mol. The molecule has 0 aromatic heterocycles. The third kappa shape index (κ3) is 5.91. The number of amides is 1. The molecule has 1 amide bonds. The Labute approximate surface area is 119 Å². The van der Waals surface area contributed by atoms with Crippen molar-refractivity contribution >= 4 is 11.8 Å². The number of hydrogen-bond donors (Lipinski definition) is 2. The largest absolute Gasteiger partial charge is 0.444 e. The first-order valence-electron chi connectivity index (χ1n) is 6.67. The fourth-order valence-electron chi connectivity index (χ4n) is 1.57. The number of rotatable bonds is 4. The molecule has 0 fully saturated rings. The van der Waals surface area contributed by atoms with E-state index in [0.29, 0.717) is 17.8 Å². The fraction of sp³-hybridized carbons (Fsp3) is 0.533. The summed E-state index contributed by atoms with van der Waals surface area (Å²) < 4.78 is 18.5. The summed E-state index contributed by atoms with van der Waals surface area (Å²) in [7, 11) is 0. The van der Waals surface area contributed by atoms with E-state index in [1.54, 1.807) is 13.0 Å². The summed E-state index contributed by atoms with van der Waals surface area (Å²) >= 11 is 0. The van der Waals surface area contributed by atoms with Gasteiger partial charge in [0.25, 0.3) is 0 Å². The molecule has 1 aromatic carbocycles. The smallest absolute Gasteiger partial charge is 0.407 e. The Kier molecular flexibility index (Phi) is 5.36. The number of alkyl carbamates (subject to hydrolysis) is 1. The van der Waals surface area contributed by atoms with Crippen LogP contribution in [0, 0.1) is 12.7 Å². The summed E-state index contributed by atoms with van der Waals surface area (Å²) in [5.74, 6) is -0.248. The zero-order chi connectivity index (χ0) is 15.3. The maximum Gasteiger partial charge on any atom is 0.407 e. The summed E-state index contributed by atoms with van der Waals surface area (Å²) in [6, 6.07) is 4.93. The summed E-state index contributed by atoms with van der Waals surface area (Å²) in [5.41, 5.74) is 0.780. The second kappa shape index (κ2) is 6.59. The van der Waals surface area contributed by atoms with Crippen LogP contribution in [0.2, 0.25) is 0 Å². The normalized spacial score (nSPS) is 12.7. The van der Waals surface area contributed by atoms with Gasteiger partial charge in [0.05, 0.1) is 0 Å². The number of carbonyl (C=O) groups excluding carboxylic acids is 1. The van der Waals surface area contributed by atoms with Gasteiger partial charge in [-0.15, -0.1) is 0 Å². The zero-order valence-electron chi connectivity index (χ0n) is 12.7. The molecule has 0 heterocycles. The number of nitrogens with one attached hydrogen (secondary N) is 2. The van der Waals surface area contributed by atoms with Crippen molar-refractivity contribution in [3.05, 3.63) is 29.6 Å². The van der Waals surface area contributed by atoms with Crippen LogP contribution in [0.4, 0.5) is 14.9 Å². The Hall–Kier alpha value is -1.78. The van der Waals surface area contributed by atoms with Crippen molar-refractivity contribution in [1.82, 2.24) is 5.32 Å². The minimum atomic E-state index is -0.513. The molecule has 0 saturated heterocycles. The van der Waals surface area contributed by atoms with Crippen molar-refractivity contribution in [3.63, 3.8) is 0 Å². The molecule has 0 spiro atoms. The highest BCUT2D eigenvalue weighted by atomic mass is 19.1. The molecular weight excluding hydrogens is 259 g/mol. The van der Waals surface area contributed by atoms with Crippen LogP contribution in [0.3, 0.4) is 0 Å². The molecule has 112 valence electrons. The van der Waals surface area contributed by atoms with E-state index in [4.69, 9.17) is 4.74 Å². The van der Waals surface area contributed by atoms with Crippen LogP contribution in [-0.2, 0) is 4.74 Å². The molecule has 0 saturated carbocycles. The topological polar surface area (TPSA) is 50.4 Å². The molecule has 5 heteroatoms. The van der Waals surface area contributed by atoms with Gasteiger partial charge in [-0.3, -0.25) is 0 Å². The van der Waals surface area contributed by atoms with E-state index in [1.165, 1.54) is 6.07 Å². The number of aryl methyl sites for hydroxylation is 1. The Morgan fingerprint density at radius 1 is 1.40 bits per heavy atom. The van der Waals surface area contributed by atoms with Gasteiger partial charge in [0.2, 0.25) is 0 Å². The lowest BCUT2D eigenvalue weighted by Gasteiger charge is -2.21. The molecule has 2 N–H and O–H groups in total. The summed E-state index contributed by atoms with van der Waals surface area (Å²) in [6.45, 7) is 9.43. The molecule has 1 unspecified atom stereocenters. The third-order valence-corrected chi connectivity index (χ3v) is 2.54. The van der Waals surface area contributed by atoms with Crippen LogP contribution in [-0.4, -0.2) is 24.3 Å². The molecular formula is C15H23FN2O2. The SMILES string of the molecule is Cc1ccc(NC(C)CNC(=O)OC(C)(C)C)cc1F. The number of anilines is 1. The lowest BCUT2D eigenvalue weighted by molar-refractivity contribution is 0.0526. The quantitative estimate of drug-likeness (QED) is 0.889. The number of ether oxygens (including phenoxy) is 1. The van der Waals surface area contributed by atoms with E-state index >= 15 is 0 Å². The molecule has 0 aliphatic heterocycles. The Morgan fingerprint density at radius 2 is 2.05 bits per heavy atom. The van der Waals surface area contributed by atoms with Crippen LogP contribution in [0.25, 0.3) is 0 Å². The standard InChI is InChI=1S/C15H23FN2O2/c1-10-6-7-12(8-13(10)16)18-11(2)9-17-14(19)20-15(3,4)5/h6-8,11,18H,9H2,1-5H3,(H,17,19). The van der Waals surface area contributed by atoms with E-state index in [0.717, 1.165) is 0 Å². The highest BCUT2D eigenvalue weighted by Gasteiger charge is 2.16. The first-order chi connectivity index (χ1) is 9.17. The maximum atomic E-state index is 13.4. The number of hydrogen-bond acceptors (Lipinski definition) is 3. The highest BCUT2D eigenvalue weighted by Crippen LogP contribution is 2.14. The average Bonchev–Trinajstić information content (AvgIpc) is 2.29. The molecule has 1 aromatic rings. The minimum Gasteiger partial charge on any atom is -0.444 e. The highest BCUT2D eigenvalue weighted by molar-refractivity contribution is 5.67. The molecule has 0 radical (unpaired) electrons. The lowest BCUT2D eigenvalue weighted by atomic mass is 10.2. The first-order valence-corrected chi connectivity index (χ1v) is 6.67. The Balaban J connectivity index is 2.42. The number of halogens is 1. The Bertz CT molecular complexity index is 469. The van der Waals surface area contributed by atoms with E-state index in [2.05, 4.69) is 10.6 Å². The third-order valence-electron chi connectivity index (χ3n) is 2.54. The van der Waals surface area contributed by atoms with Gasteiger partial charge in [-0.2, -0.15) is 0 Å². The van der Waals surface area contributed by atoms with Gasteiger partial charge in [-0.1, -0.05) is 6.07 Å². The second-order valence-electron chi connectivity index (χ2n) is 5.89. The first kappa shape index (κ1) is 16.3. The van der Waals surface area contributed by atoms with Crippen LogP contribution >= 0.6 is 0 Å². The van der Waals surface area contributed by atoms with Crippen molar-refractivity contribution in [2.45, 2.75) is 46.3 Å². The molecule has 0 bridgehead atoms. The lowest BCUT2D eigenvalue weighted by Crippen LogP contribution is -2.38. The van der Waals surface area contributed by atoms with Crippen LogP contribution < -0.4 is 10.6 Å². The van der Waals surface area contributed by atoms with Gasteiger partial charge < -0.3 is 15.4 Å². The van der Waals surface area contributed by atoms with E-state index in [-0.39, 0.29) is 11.9 Å². The van der Waals surface area contributed by atoms with Crippen molar-refractivity contribution in [2.24, 2.45) is 0 Å². The molecule has 0 aliphatic carbocycles. The molecule has 1 rings (SSSR count). The van der Waals surface area contributed by atoms with E-state index in [9.17, 15) is 9.18 Å². The summed E-state index contributed by atoms with van der Waals surface area (Å²) in [6.07, 6.45) is -0.457. The fourth-order valence-corrected chi connectivity index (χ4v) is 1.57. The molecule has 1 atom stereocenters. The molecule has 0 aliphatic rings. The summed E-state index contributed by atoms with van der Waals surface area (Å²) in [5, 5.41) is 5.79. The average molecular weight is 282 g/mol. The van der Waals surface area contributed by atoms with E-state index < -0.39 is 11.7 Å². The van der Waals surface area contributed by atoms with Crippen molar-refractivity contribution < 1.29 is 13.9 Å². The zero-order valence-corrected chi connectivity index (χ0v) is 12.7. The van der Waals surface area contributed by atoms with Gasteiger partial charge in [-0.25, -0.2) is 9.18 Å². The van der Waals surface area contributed by atoms with Crippen LogP contribution in [0.15, 0.2) is 18.2 Å². The van der Waals surface area contributed by atoms with Gasteiger partial charge >= 0.3 is 6.09 Å². The predicted molar refractivity (Wildman–Crippen MR) is 78.5 cm³/mol. The van der Waals surface area contributed by atoms with Crippen molar-refractivity contribution in [3.8, 4) is 0 Å².